The lowest BCUT2D eigenvalue weighted by molar-refractivity contribution is 0.0769. The molecule has 1 aliphatic rings. The van der Waals surface area contributed by atoms with Crippen molar-refractivity contribution in [3.63, 3.8) is 0 Å². The molecule has 0 aliphatic carbocycles. The summed E-state index contributed by atoms with van der Waals surface area (Å²) in [6.07, 6.45) is -0.216. The van der Waals surface area contributed by atoms with E-state index in [0.717, 1.165) is 26.2 Å². The summed E-state index contributed by atoms with van der Waals surface area (Å²) in [6.45, 7) is 10.1. The molecule has 3 nitrogen and oxygen atoms in total. The SMILES string of the molecule is CC(C)(C)N1CCNC[C@H](O)C1. The number of β-amino-alcohol motifs (C(OH)–C–C–N with tert-alkyl or cyclic N) is 1. The van der Waals surface area contributed by atoms with Crippen LogP contribution in [0.4, 0.5) is 0 Å². The lowest BCUT2D eigenvalue weighted by Crippen LogP contribution is -2.45. The van der Waals surface area contributed by atoms with Gasteiger partial charge in [0.2, 0.25) is 0 Å². The summed E-state index contributed by atoms with van der Waals surface area (Å²) in [7, 11) is 0. The van der Waals surface area contributed by atoms with Crippen LogP contribution in [0.1, 0.15) is 20.8 Å². The van der Waals surface area contributed by atoms with Crippen LogP contribution in [-0.2, 0) is 0 Å². The molecule has 12 heavy (non-hydrogen) atoms. The third-order valence-electron chi connectivity index (χ3n) is 2.32. The number of aliphatic hydroxyl groups excluding tert-OH is 1. The van der Waals surface area contributed by atoms with Gasteiger partial charge in [-0.25, -0.2) is 0 Å². The van der Waals surface area contributed by atoms with Crippen LogP contribution < -0.4 is 5.32 Å². The van der Waals surface area contributed by atoms with Crippen LogP contribution in [0, 0.1) is 0 Å². The summed E-state index contributed by atoms with van der Waals surface area (Å²) >= 11 is 0. The Kier molecular flexibility index (Phi) is 3.09. The minimum atomic E-state index is -0.216. The van der Waals surface area contributed by atoms with Gasteiger partial charge in [-0.15, -0.1) is 0 Å². The van der Waals surface area contributed by atoms with E-state index in [1.165, 1.54) is 0 Å². The van der Waals surface area contributed by atoms with Crippen LogP contribution in [0.25, 0.3) is 0 Å². The van der Waals surface area contributed by atoms with Gasteiger partial charge in [0.15, 0.2) is 0 Å². The van der Waals surface area contributed by atoms with Crippen molar-refractivity contribution in [2.75, 3.05) is 26.2 Å². The minimum absolute atomic E-state index is 0.174. The number of nitrogens with zero attached hydrogens (tertiary/aromatic N) is 1. The summed E-state index contributed by atoms with van der Waals surface area (Å²) in [5, 5.41) is 12.7. The Balaban J connectivity index is 2.52. The van der Waals surface area contributed by atoms with E-state index in [-0.39, 0.29) is 11.6 Å². The highest BCUT2D eigenvalue weighted by Crippen LogP contribution is 2.13. The Hall–Kier alpha value is -0.120. The van der Waals surface area contributed by atoms with E-state index in [0.29, 0.717) is 0 Å². The molecule has 1 aliphatic heterocycles. The molecular weight excluding hydrogens is 152 g/mol. The van der Waals surface area contributed by atoms with Crippen molar-refractivity contribution in [2.24, 2.45) is 0 Å². The lowest BCUT2D eigenvalue weighted by Gasteiger charge is -2.35. The maximum atomic E-state index is 9.52. The van der Waals surface area contributed by atoms with Gasteiger partial charge in [-0.05, 0) is 20.8 Å². The van der Waals surface area contributed by atoms with Crippen molar-refractivity contribution in [1.82, 2.24) is 10.2 Å². The zero-order valence-corrected chi connectivity index (χ0v) is 8.30. The summed E-state index contributed by atoms with van der Waals surface area (Å²) < 4.78 is 0. The molecule has 0 saturated carbocycles. The monoisotopic (exact) mass is 172 g/mol. The zero-order chi connectivity index (χ0) is 9.19. The quantitative estimate of drug-likeness (QED) is 0.542. The first-order valence-electron chi connectivity index (χ1n) is 4.64. The molecule has 0 aromatic heterocycles. The Bertz CT molecular complexity index is 142. The Morgan fingerprint density at radius 3 is 2.67 bits per heavy atom. The second-order valence-corrected chi connectivity index (χ2v) is 4.47. The third kappa shape index (κ3) is 2.73. The molecule has 0 aromatic carbocycles. The first kappa shape index (κ1) is 9.96. The average Bonchev–Trinajstić information content (AvgIpc) is 2.11. The summed E-state index contributed by atoms with van der Waals surface area (Å²) in [5.74, 6) is 0. The van der Waals surface area contributed by atoms with Crippen LogP contribution in [0.2, 0.25) is 0 Å². The molecule has 72 valence electrons. The van der Waals surface area contributed by atoms with Gasteiger partial charge in [-0.3, -0.25) is 4.90 Å². The second-order valence-electron chi connectivity index (χ2n) is 4.47. The fourth-order valence-electron chi connectivity index (χ4n) is 1.50. The molecule has 0 unspecified atom stereocenters. The van der Waals surface area contributed by atoms with Crippen molar-refractivity contribution in [3.8, 4) is 0 Å². The van der Waals surface area contributed by atoms with Gasteiger partial charge in [0, 0.05) is 31.7 Å². The molecule has 1 fully saturated rings. The topological polar surface area (TPSA) is 35.5 Å². The smallest absolute Gasteiger partial charge is 0.0791 e. The third-order valence-corrected chi connectivity index (χ3v) is 2.32. The van der Waals surface area contributed by atoms with Crippen molar-refractivity contribution >= 4 is 0 Å². The molecule has 1 rings (SSSR count). The van der Waals surface area contributed by atoms with Crippen molar-refractivity contribution in [2.45, 2.75) is 32.4 Å². The van der Waals surface area contributed by atoms with Crippen molar-refractivity contribution in [3.05, 3.63) is 0 Å². The summed E-state index contributed by atoms with van der Waals surface area (Å²) in [6, 6.07) is 0. The van der Waals surface area contributed by atoms with Gasteiger partial charge in [-0.2, -0.15) is 0 Å². The van der Waals surface area contributed by atoms with Crippen molar-refractivity contribution < 1.29 is 5.11 Å². The highest BCUT2D eigenvalue weighted by molar-refractivity contribution is 4.82. The van der Waals surface area contributed by atoms with Gasteiger partial charge in [0.05, 0.1) is 6.10 Å². The summed E-state index contributed by atoms with van der Waals surface area (Å²) in [5.41, 5.74) is 0.174. The van der Waals surface area contributed by atoms with E-state index >= 15 is 0 Å². The van der Waals surface area contributed by atoms with Gasteiger partial charge >= 0.3 is 0 Å². The van der Waals surface area contributed by atoms with Gasteiger partial charge in [0.1, 0.15) is 0 Å². The number of nitrogens with one attached hydrogen (secondary N) is 1. The standard InChI is InChI=1S/C9H20N2O/c1-9(2,3)11-5-4-10-6-8(12)7-11/h8,10,12H,4-7H2,1-3H3/t8-/m0/s1. The Morgan fingerprint density at radius 2 is 2.08 bits per heavy atom. The average molecular weight is 172 g/mol. The van der Waals surface area contributed by atoms with Gasteiger partial charge < -0.3 is 10.4 Å². The van der Waals surface area contributed by atoms with Crippen LogP contribution in [0.15, 0.2) is 0 Å². The summed E-state index contributed by atoms with van der Waals surface area (Å²) in [4.78, 5) is 2.32. The number of hydrogen-bond acceptors (Lipinski definition) is 3. The fraction of sp³-hybridized carbons (Fsp3) is 1.00. The van der Waals surface area contributed by atoms with Crippen LogP contribution in [0.5, 0.6) is 0 Å². The van der Waals surface area contributed by atoms with E-state index in [4.69, 9.17) is 0 Å². The molecule has 1 atom stereocenters. The number of aliphatic hydroxyl groups is 1. The predicted molar refractivity (Wildman–Crippen MR) is 50.2 cm³/mol. The van der Waals surface area contributed by atoms with Gasteiger partial charge in [0.25, 0.3) is 0 Å². The Morgan fingerprint density at radius 1 is 1.42 bits per heavy atom. The van der Waals surface area contributed by atoms with Crippen LogP contribution in [0.3, 0.4) is 0 Å². The highest BCUT2D eigenvalue weighted by atomic mass is 16.3. The molecule has 0 aromatic rings. The van der Waals surface area contributed by atoms with E-state index in [1.54, 1.807) is 0 Å². The maximum Gasteiger partial charge on any atom is 0.0791 e. The van der Waals surface area contributed by atoms with Gasteiger partial charge in [-0.1, -0.05) is 0 Å². The second kappa shape index (κ2) is 3.73. The fourth-order valence-corrected chi connectivity index (χ4v) is 1.50. The Labute approximate surface area is 74.8 Å². The highest BCUT2D eigenvalue weighted by Gasteiger charge is 2.24. The normalized spacial score (nSPS) is 28.5. The van der Waals surface area contributed by atoms with E-state index in [1.807, 2.05) is 0 Å². The van der Waals surface area contributed by atoms with Crippen LogP contribution in [-0.4, -0.2) is 47.8 Å². The van der Waals surface area contributed by atoms with Crippen molar-refractivity contribution in [1.29, 1.82) is 0 Å². The predicted octanol–water partition coefficient (Wildman–Crippen LogP) is 0.0510. The van der Waals surface area contributed by atoms with E-state index in [2.05, 4.69) is 31.0 Å². The molecule has 2 N–H and O–H groups in total. The first-order chi connectivity index (χ1) is 5.50. The van der Waals surface area contributed by atoms with E-state index in [9.17, 15) is 5.11 Å². The molecule has 0 spiro atoms. The zero-order valence-electron chi connectivity index (χ0n) is 8.30. The van der Waals surface area contributed by atoms with E-state index < -0.39 is 0 Å². The lowest BCUT2D eigenvalue weighted by atomic mass is 10.1. The first-order valence-corrected chi connectivity index (χ1v) is 4.64. The van der Waals surface area contributed by atoms with Crippen LogP contribution >= 0.6 is 0 Å². The molecule has 0 radical (unpaired) electrons. The molecule has 1 saturated heterocycles. The maximum absolute atomic E-state index is 9.52. The molecular formula is C9H20N2O. The molecule has 0 bridgehead atoms. The number of hydrogen-bond donors (Lipinski definition) is 2. The number of rotatable bonds is 0. The minimum Gasteiger partial charge on any atom is -0.390 e. The molecule has 3 heteroatoms. The molecule has 0 amide bonds. The largest absolute Gasteiger partial charge is 0.390 e. The molecule has 1 heterocycles.